The van der Waals surface area contributed by atoms with Gasteiger partial charge in [-0.3, -0.25) is 4.79 Å². The lowest BCUT2D eigenvalue weighted by Gasteiger charge is -2.71. The molecule has 0 amide bonds. The lowest BCUT2D eigenvalue weighted by molar-refractivity contribution is -0.378. The Balaban J connectivity index is 0.840. The first-order valence-electron chi connectivity index (χ1n) is 30.0. The molecule has 25 heteroatoms. The van der Waals surface area contributed by atoms with Gasteiger partial charge >= 0.3 is 5.97 Å². The Kier molecular flexibility index (Phi) is 18.3. The van der Waals surface area contributed by atoms with Crippen LogP contribution in [-0.2, 0) is 52.2 Å². The van der Waals surface area contributed by atoms with Crippen molar-refractivity contribution in [3.8, 4) is 0 Å². The Labute approximate surface area is 483 Å². The zero-order valence-corrected chi connectivity index (χ0v) is 48.8. The number of fused-ring (bicyclic) bond motifs is 7. The number of hydrogen-bond acceptors (Lipinski definition) is 25. The minimum atomic E-state index is -1.84. The van der Waals surface area contributed by atoms with Gasteiger partial charge in [-0.15, -0.1) is 0 Å². The molecule has 31 atom stereocenters. The Morgan fingerprint density at radius 1 is 0.566 bits per heavy atom. The molecule has 5 aliphatic heterocycles. The first kappa shape index (κ1) is 64.3. The van der Waals surface area contributed by atoms with Gasteiger partial charge in [0.15, 0.2) is 25.2 Å². The van der Waals surface area contributed by atoms with Crippen LogP contribution in [0.5, 0.6) is 0 Å². The van der Waals surface area contributed by atoms with E-state index in [0.717, 1.165) is 32.1 Å². The molecule has 0 aromatic carbocycles. The predicted octanol–water partition coefficient (Wildman–Crippen LogP) is -1.91. The Morgan fingerprint density at radius 2 is 1.17 bits per heavy atom. The van der Waals surface area contributed by atoms with Crippen LogP contribution in [0.25, 0.3) is 0 Å². The van der Waals surface area contributed by atoms with Crippen LogP contribution in [0.1, 0.15) is 120 Å². The molecule has 10 aliphatic rings. The van der Waals surface area contributed by atoms with Crippen molar-refractivity contribution >= 4 is 5.97 Å². The summed E-state index contributed by atoms with van der Waals surface area (Å²) in [4.78, 5) is 15.1. The van der Waals surface area contributed by atoms with E-state index in [1.807, 2.05) is 0 Å². The van der Waals surface area contributed by atoms with Crippen molar-refractivity contribution in [2.24, 2.45) is 50.2 Å². The molecule has 5 aliphatic carbocycles. The molecule has 0 bridgehead atoms. The van der Waals surface area contributed by atoms with Gasteiger partial charge in [-0.05, 0) is 116 Å². The summed E-state index contributed by atoms with van der Waals surface area (Å²) in [5.41, 5.74) is -1.17. The number of rotatable bonds is 12. The summed E-state index contributed by atoms with van der Waals surface area (Å²) in [6, 6.07) is 0. The molecular formula is C58H94O25. The van der Waals surface area contributed by atoms with E-state index in [-0.39, 0.29) is 52.6 Å². The summed E-state index contributed by atoms with van der Waals surface area (Å²) in [7, 11) is 0. The molecule has 476 valence electrons. The Bertz CT molecular complexity index is 2310. The SMILES string of the molecule is C[C@H]1O[C@@H](O[C@@H]2[C@@H](O[C@@H]3CC[C@@]4(C)[C@H](CC[C@@]5(C)[C@H]4CC=C4[C@@H]6CC(C)(C)CC[C@]6(C(=O)O[C@H]6O[C@@H](CO[C@@H]7O[C@H](CO)[C@@H](O)[C@@H](O)[C@H]7O)[C@H](O)[C@H](O)[C@H]6O)CC[C@@]45C)C3(C)C)OC[C@@H](O)[C@H]2O)[C@H](O)[C@H](O[C@H]2OC[C@H](O)[C@H](O)[C@H]2O)[C@@H]1O. The molecule has 0 spiro atoms. The summed E-state index contributed by atoms with van der Waals surface area (Å²) in [6.45, 7) is 15.6. The summed E-state index contributed by atoms with van der Waals surface area (Å²) >= 11 is 0. The number of allylic oxidation sites excluding steroid dienone is 2. The van der Waals surface area contributed by atoms with E-state index in [9.17, 15) is 71.5 Å². The van der Waals surface area contributed by atoms with Crippen LogP contribution in [0.2, 0.25) is 0 Å². The van der Waals surface area contributed by atoms with E-state index in [1.165, 1.54) is 12.5 Å². The fraction of sp³-hybridized carbons (Fsp3) is 0.948. The zero-order valence-electron chi connectivity index (χ0n) is 48.8. The largest absolute Gasteiger partial charge is 0.432 e. The third kappa shape index (κ3) is 10.9. The Hall–Kier alpha value is -1.71. The number of aliphatic hydroxyl groups is 14. The summed E-state index contributed by atoms with van der Waals surface area (Å²) in [6.07, 6.45) is -26.8. The number of hydrogen-bond donors (Lipinski definition) is 14. The first-order valence-corrected chi connectivity index (χ1v) is 30.0. The smallest absolute Gasteiger partial charge is 0.315 e. The fourth-order valence-electron chi connectivity index (χ4n) is 17.3. The van der Waals surface area contributed by atoms with Gasteiger partial charge in [0.05, 0.1) is 44.1 Å². The highest BCUT2D eigenvalue weighted by Gasteiger charge is 2.70. The van der Waals surface area contributed by atoms with Gasteiger partial charge in [0.1, 0.15) is 104 Å². The van der Waals surface area contributed by atoms with Crippen molar-refractivity contribution in [3.05, 3.63) is 11.6 Å². The molecule has 0 aromatic heterocycles. The molecule has 0 radical (unpaired) electrons. The quantitative estimate of drug-likeness (QED) is 0.0576. The van der Waals surface area contributed by atoms with E-state index in [4.69, 9.17) is 47.4 Å². The summed E-state index contributed by atoms with van der Waals surface area (Å²) in [5.74, 6) is -0.468. The number of carbonyl (C=O) groups excluding carboxylic acids is 1. The number of ether oxygens (including phenoxy) is 10. The maximum atomic E-state index is 15.1. The van der Waals surface area contributed by atoms with Crippen molar-refractivity contribution in [1.29, 1.82) is 0 Å². The van der Waals surface area contributed by atoms with E-state index < -0.39 is 177 Å². The normalized spacial score (nSPS) is 54.2. The van der Waals surface area contributed by atoms with Crippen LogP contribution in [0.15, 0.2) is 11.6 Å². The second-order valence-electron chi connectivity index (χ2n) is 28.2. The van der Waals surface area contributed by atoms with Crippen LogP contribution < -0.4 is 0 Å². The fourth-order valence-corrected chi connectivity index (χ4v) is 17.3. The van der Waals surface area contributed by atoms with Crippen LogP contribution in [0, 0.1) is 50.2 Å². The molecule has 14 N–H and O–H groups in total. The molecule has 83 heavy (non-hydrogen) atoms. The van der Waals surface area contributed by atoms with Crippen molar-refractivity contribution in [3.63, 3.8) is 0 Å². The Morgan fingerprint density at radius 3 is 1.86 bits per heavy atom. The van der Waals surface area contributed by atoms with Crippen LogP contribution in [-0.4, -0.2) is 251 Å². The average Bonchev–Trinajstić information content (AvgIpc) is 3.63. The third-order valence-corrected chi connectivity index (χ3v) is 22.7. The van der Waals surface area contributed by atoms with Crippen molar-refractivity contribution in [1.82, 2.24) is 0 Å². The maximum Gasteiger partial charge on any atom is 0.315 e. The predicted molar refractivity (Wildman–Crippen MR) is 282 cm³/mol. The van der Waals surface area contributed by atoms with Gasteiger partial charge in [-0.25, -0.2) is 0 Å². The molecular weight excluding hydrogens is 1100 g/mol. The molecule has 0 unspecified atom stereocenters. The monoisotopic (exact) mass is 1190 g/mol. The van der Waals surface area contributed by atoms with Crippen LogP contribution in [0.3, 0.4) is 0 Å². The molecule has 0 aromatic rings. The van der Waals surface area contributed by atoms with E-state index in [1.54, 1.807) is 0 Å². The summed E-state index contributed by atoms with van der Waals surface area (Å²) < 4.78 is 59.6. The van der Waals surface area contributed by atoms with Gasteiger partial charge in [-0.2, -0.15) is 0 Å². The number of esters is 1. The highest BCUT2D eigenvalue weighted by atomic mass is 16.8. The minimum Gasteiger partial charge on any atom is -0.432 e. The standard InChI is InChI=1S/C58H94O25/c1-24-34(62)45(81-48-41(69)35(63)27(60)21-74-48)44(72)50(77-24)82-46-36(64)28(61)22-75-51(46)80-33-12-13-55(6)31(54(33,4)5)11-14-57(8)32(55)10-9-25-26-19-53(2,3)15-17-58(26,18-16-56(25,57)7)52(73)83-49-43(71)40(68)38(66)30(79-49)23-76-47-42(70)39(67)37(65)29(20-59)78-47/h9,24,26-51,59-72H,10-23H2,1-8H3/t24-,26+,27+,28-,29-,30+,31-,32+,33-,34-,35+,36-,37-,38+,39-,40+,41-,42-,43-,44-,45-,46+,47-,48-,49-,50+,51-,55+,56+,57+,58+/m1/s1. The topological polar surface area (TPSA) is 393 Å². The van der Waals surface area contributed by atoms with Crippen molar-refractivity contribution in [2.45, 2.75) is 267 Å². The number of carbonyl (C=O) groups is 1. The van der Waals surface area contributed by atoms with Crippen LogP contribution >= 0.6 is 0 Å². The van der Waals surface area contributed by atoms with E-state index >= 15 is 4.79 Å². The van der Waals surface area contributed by atoms with E-state index in [0.29, 0.717) is 32.1 Å². The molecule has 10 rings (SSSR count). The van der Waals surface area contributed by atoms with Gasteiger partial charge in [0.25, 0.3) is 0 Å². The third-order valence-electron chi connectivity index (χ3n) is 22.7. The maximum absolute atomic E-state index is 15.1. The molecule has 4 saturated carbocycles. The molecule has 25 nitrogen and oxygen atoms in total. The van der Waals surface area contributed by atoms with E-state index in [2.05, 4.69) is 54.5 Å². The van der Waals surface area contributed by atoms with Gasteiger partial charge in [0.2, 0.25) is 6.29 Å². The first-order chi connectivity index (χ1) is 38.8. The molecule has 5 heterocycles. The summed E-state index contributed by atoms with van der Waals surface area (Å²) in [5, 5.41) is 150. The lowest BCUT2D eigenvalue weighted by atomic mass is 9.33. The second-order valence-corrected chi connectivity index (χ2v) is 28.2. The van der Waals surface area contributed by atoms with Crippen LogP contribution in [0.4, 0.5) is 0 Å². The minimum absolute atomic E-state index is 0.137. The lowest BCUT2D eigenvalue weighted by Crippen LogP contribution is -2.66. The number of aliphatic hydroxyl groups excluding tert-OH is 14. The van der Waals surface area contributed by atoms with Gasteiger partial charge in [-0.1, -0.05) is 60.1 Å². The molecule has 9 fully saturated rings. The van der Waals surface area contributed by atoms with Crippen molar-refractivity contribution in [2.75, 3.05) is 26.4 Å². The molecule has 5 saturated heterocycles. The van der Waals surface area contributed by atoms with Gasteiger partial charge < -0.3 is 119 Å². The van der Waals surface area contributed by atoms with Gasteiger partial charge in [0, 0.05) is 0 Å². The zero-order chi connectivity index (χ0) is 60.4. The second kappa shape index (κ2) is 23.6. The highest BCUT2D eigenvalue weighted by molar-refractivity contribution is 5.79. The average molecular weight is 1190 g/mol. The van der Waals surface area contributed by atoms with Crippen molar-refractivity contribution < 1.29 is 124 Å². The highest BCUT2D eigenvalue weighted by Crippen LogP contribution is 2.76.